The fourth-order valence-electron chi connectivity index (χ4n) is 1.20. The summed E-state index contributed by atoms with van der Waals surface area (Å²) in [6, 6.07) is 8.71. The van der Waals surface area contributed by atoms with Crippen molar-refractivity contribution in [2.24, 2.45) is 5.73 Å². The van der Waals surface area contributed by atoms with E-state index in [1.165, 1.54) is 6.92 Å². The van der Waals surface area contributed by atoms with Crippen molar-refractivity contribution in [2.75, 3.05) is 0 Å². The van der Waals surface area contributed by atoms with Crippen molar-refractivity contribution < 1.29 is 9.90 Å². The third kappa shape index (κ3) is 2.79. The van der Waals surface area contributed by atoms with E-state index >= 15 is 0 Å². The predicted octanol–water partition coefficient (Wildman–Crippen LogP) is 0.903. The van der Waals surface area contributed by atoms with Gasteiger partial charge in [-0.2, -0.15) is 5.26 Å². The van der Waals surface area contributed by atoms with Gasteiger partial charge < -0.3 is 10.8 Å². The molecule has 4 heteroatoms. The van der Waals surface area contributed by atoms with Gasteiger partial charge in [0.05, 0.1) is 11.6 Å². The van der Waals surface area contributed by atoms with E-state index in [-0.39, 0.29) is 6.42 Å². The lowest BCUT2D eigenvalue weighted by Gasteiger charge is -2.18. The summed E-state index contributed by atoms with van der Waals surface area (Å²) in [4.78, 5) is 10.8. The number of nitrogens with zero attached hydrogens (tertiary/aromatic N) is 1. The zero-order valence-electron chi connectivity index (χ0n) is 8.40. The van der Waals surface area contributed by atoms with E-state index in [2.05, 4.69) is 0 Å². The lowest BCUT2D eigenvalue weighted by atomic mass is 9.94. The second-order valence-electron chi connectivity index (χ2n) is 3.71. The normalized spacial score (nSPS) is 13.9. The van der Waals surface area contributed by atoms with Crippen molar-refractivity contribution in [2.45, 2.75) is 18.9 Å². The molecule has 0 heterocycles. The van der Waals surface area contributed by atoms with Crippen LogP contribution in [0.5, 0.6) is 0 Å². The Hall–Kier alpha value is -1.86. The molecule has 1 atom stereocenters. The summed E-state index contributed by atoms with van der Waals surface area (Å²) >= 11 is 0. The van der Waals surface area contributed by atoms with Gasteiger partial charge in [0.2, 0.25) is 0 Å². The highest BCUT2D eigenvalue weighted by molar-refractivity contribution is 5.78. The highest BCUT2D eigenvalue weighted by Crippen LogP contribution is 2.11. The number of nitriles is 1. The number of nitrogens with two attached hydrogens (primary N) is 1. The number of carboxylic acid groups (broad SMARTS) is 1. The maximum absolute atomic E-state index is 10.8. The molecule has 0 saturated heterocycles. The van der Waals surface area contributed by atoms with Crippen molar-refractivity contribution in [3.63, 3.8) is 0 Å². The summed E-state index contributed by atoms with van der Waals surface area (Å²) in [5, 5.41) is 17.4. The number of carbonyl (C=O) groups is 1. The van der Waals surface area contributed by atoms with E-state index < -0.39 is 11.5 Å². The molecule has 4 nitrogen and oxygen atoms in total. The Morgan fingerprint density at radius 3 is 2.47 bits per heavy atom. The molecule has 1 rings (SSSR count). The Bertz CT molecular complexity index is 402. The van der Waals surface area contributed by atoms with Crippen LogP contribution in [0.4, 0.5) is 0 Å². The fourth-order valence-corrected chi connectivity index (χ4v) is 1.20. The molecule has 3 N–H and O–H groups in total. The Morgan fingerprint density at radius 2 is 2.07 bits per heavy atom. The Morgan fingerprint density at radius 1 is 1.53 bits per heavy atom. The van der Waals surface area contributed by atoms with Gasteiger partial charge in [-0.1, -0.05) is 12.1 Å². The van der Waals surface area contributed by atoms with Crippen LogP contribution < -0.4 is 5.73 Å². The van der Waals surface area contributed by atoms with Gasteiger partial charge in [0.1, 0.15) is 5.54 Å². The van der Waals surface area contributed by atoms with Crippen molar-refractivity contribution in [1.82, 2.24) is 0 Å². The van der Waals surface area contributed by atoms with Gasteiger partial charge in [0, 0.05) is 6.42 Å². The zero-order chi connectivity index (χ0) is 11.5. The van der Waals surface area contributed by atoms with Crippen molar-refractivity contribution >= 4 is 5.97 Å². The topological polar surface area (TPSA) is 87.1 Å². The smallest absolute Gasteiger partial charge is 0.323 e. The van der Waals surface area contributed by atoms with Gasteiger partial charge in [-0.3, -0.25) is 4.79 Å². The Balaban J connectivity index is 2.83. The Labute approximate surface area is 87.9 Å². The average molecular weight is 204 g/mol. The number of hydrogen-bond donors (Lipinski definition) is 2. The summed E-state index contributed by atoms with van der Waals surface area (Å²) in [5.41, 5.74) is 5.68. The van der Waals surface area contributed by atoms with E-state index in [9.17, 15) is 4.79 Å². The molecule has 0 aliphatic rings. The Kier molecular flexibility index (Phi) is 3.08. The van der Waals surface area contributed by atoms with Crippen molar-refractivity contribution in [3.05, 3.63) is 35.4 Å². The molecule has 0 aliphatic heterocycles. The second-order valence-corrected chi connectivity index (χ2v) is 3.71. The van der Waals surface area contributed by atoms with Crippen LogP contribution in [0.2, 0.25) is 0 Å². The van der Waals surface area contributed by atoms with Crippen LogP contribution >= 0.6 is 0 Å². The first-order valence-electron chi connectivity index (χ1n) is 4.47. The molecule has 0 aliphatic carbocycles. The summed E-state index contributed by atoms with van der Waals surface area (Å²) in [6.07, 6.45) is 0.244. The van der Waals surface area contributed by atoms with Gasteiger partial charge in [-0.05, 0) is 24.6 Å². The average Bonchev–Trinajstić information content (AvgIpc) is 2.18. The third-order valence-corrected chi connectivity index (χ3v) is 2.14. The fraction of sp³-hybridized carbons (Fsp3) is 0.273. The van der Waals surface area contributed by atoms with Gasteiger partial charge >= 0.3 is 5.97 Å². The van der Waals surface area contributed by atoms with Gasteiger partial charge in [-0.15, -0.1) is 0 Å². The third-order valence-electron chi connectivity index (χ3n) is 2.14. The highest BCUT2D eigenvalue weighted by Gasteiger charge is 2.27. The molecule has 0 amide bonds. The van der Waals surface area contributed by atoms with Gasteiger partial charge in [0.25, 0.3) is 0 Å². The van der Waals surface area contributed by atoms with Crippen LogP contribution in [-0.2, 0) is 11.2 Å². The minimum absolute atomic E-state index is 0.244. The molecule has 0 aromatic heterocycles. The molecular formula is C11H12N2O2. The number of hydrogen-bond acceptors (Lipinski definition) is 3. The summed E-state index contributed by atoms with van der Waals surface area (Å²) in [5.74, 6) is -1.04. The lowest BCUT2D eigenvalue weighted by molar-refractivity contribution is -0.142. The first-order valence-corrected chi connectivity index (χ1v) is 4.47. The van der Waals surface area contributed by atoms with E-state index in [1.54, 1.807) is 24.3 Å². The number of aliphatic carboxylic acids is 1. The molecule has 0 saturated carbocycles. The molecule has 0 radical (unpaired) electrons. The maximum Gasteiger partial charge on any atom is 0.323 e. The van der Waals surface area contributed by atoms with Crippen LogP contribution in [-0.4, -0.2) is 16.6 Å². The SMILES string of the molecule is CC(N)(Cc1ccc(C#N)cc1)C(=O)O. The van der Waals surface area contributed by atoms with Crippen LogP contribution in [0.25, 0.3) is 0 Å². The molecule has 0 bridgehead atoms. The number of benzene rings is 1. The second kappa shape index (κ2) is 4.11. The predicted molar refractivity (Wildman–Crippen MR) is 55.1 cm³/mol. The monoisotopic (exact) mass is 204 g/mol. The van der Waals surface area contributed by atoms with E-state index in [0.717, 1.165) is 5.56 Å². The molecule has 0 spiro atoms. The van der Waals surface area contributed by atoms with Crippen LogP contribution in [0.15, 0.2) is 24.3 Å². The van der Waals surface area contributed by atoms with E-state index in [0.29, 0.717) is 5.56 Å². The molecule has 1 aromatic rings. The van der Waals surface area contributed by atoms with Gasteiger partial charge in [0.15, 0.2) is 0 Å². The largest absolute Gasteiger partial charge is 0.480 e. The molecule has 78 valence electrons. The van der Waals surface area contributed by atoms with Crippen LogP contribution in [0.1, 0.15) is 18.1 Å². The highest BCUT2D eigenvalue weighted by atomic mass is 16.4. The molecular weight excluding hydrogens is 192 g/mol. The first-order chi connectivity index (χ1) is 6.95. The molecule has 1 aromatic carbocycles. The zero-order valence-corrected chi connectivity index (χ0v) is 8.40. The van der Waals surface area contributed by atoms with Crippen LogP contribution in [0.3, 0.4) is 0 Å². The van der Waals surface area contributed by atoms with E-state index in [4.69, 9.17) is 16.1 Å². The first kappa shape index (κ1) is 11.2. The quantitative estimate of drug-likeness (QED) is 0.765. The van der Waals surface area contributed by atoms with Crippen LogP contribution in [0, 0.1) is 11.3 Å². The van der Waals surface area contributed by atoms with Crippen molar-refractivity contribution in [3.8, 4) is 6.07 Å². The summed E-state index contributed by atoms with van der Waals surface area (Å²) in [7, 11) is 0. The van der Waals surface area contributed by atoms with Crippen molar-refractivity contribution in [1.29, 1.82) is 5.26 Å². The molecule has 1 unspecified atom stereocenters. The number of carboxylic acids is 1. The summed E-state index contributed by atoms with van der Waals surface area (Å²) in [6.45, 7) is 1.47. The standard InChI is InChI=1S/C11H12N2O2/c1-11(13,10(14)15)6-8-2-4-9(7-12)5-3-8/h2-5H,6,13H2,1H3,(H,14,15). The molecule has 15 heavy (non-hydrogen) atoms. The number of rotatable bonds is 3. The minimum atomic E-state index is -1.27. The minimum Gasteiger partial charge on any atom is -0.480 e. The maximum atomic E-state index is 10.8. The lowest BCUT2D eigenvalue weighted by Crippen LogP contribution is -2.46. The summed E-state index contributed by atoms with van der Waals surface area (Å²) < 4.78 is 0. The van der Waals surface area contributed by atoms with E-state index in [1.807, 2.05) is 6.07 Å². The van der Waals surface area contributed by atoms with Gasteiger partial charge in [-0.25, -0.2) is 0 Å². The molecule has 0 fully saturated rings.